The number of alkyl halides is 2. The van der Waals surface area contributed by atoms with Crippen molar-refractivity contribution in [3.63, 3.8) is 0 Å². The summed E-state index contributed by atoms with van der Waals surface area (Å²) in [4.78, 5) is 36.2. The maximum atomic E-state index is 12.6. The van der Waals surface area contributed by atoms with E-state index in [4.69, 9.17) is 49.0 Å². The molecular weight excluding hydrogens is 649 g/mol. The lowest BCUT2D eigenvalue weighted by Crippen LogP contribution is -2.47. The predicted molar refractivity (Wildman–Crippen MR) is 159 cm³/mol. The summed E-state index contributed by atoms with van der Waals surface area (Å²) < 4.78 is 43.6. The van der Waals surface area contributed by atoms with Crippen LogP contribution in [-0.2, 0) is 14.8 Å². The van der Waals surface area contributed by atoms with Crippen molar-refractivity contribution in [1.82, 2.24) is 24.1 Å². The van der Waals surface area contributed by atoms with Gasteiger partial charge in [0.05, 0.1) is 32.0 Å². The molecule has 1 aromatic carbocycles. The van der Waals surface area contributed by atoms with Crippen LogP contribution in [0, 0.1) is 0 Å². The van der Waals surface area contributed by atoms with Crippen molar-refractivity contribution in [2.75, 3.05) is 31.0 Å². The second kappa shape index (κ2) is 13.5. The van der Waals surface area contributed by atoms with E-state index >= 15 is 0 Å². The molecule has 3 aromatic heterocycles. The van der Waals surface area contributed by atoms with Gasteiger partial charge in [-0.2, -0.15) is 18.4 Å². The Morgan fingerprint density at radius 2 is 1.70 bits per heavy atom. The second-order valence-corrected chi connectivity index (χ2v) is 11.7. The quantitative estimate of drug-likeness (QED) is 0.287. The highest BCUT2D eigenvalue weighted by Crippen LogP contribution is 2.34. The van der Waals surface area contributed by atoms with Crippen LogP contribution in [0.25, 0.3) is 5.65 Å². The van der Waals surface area contributed by atoms with Gasteiger partial charge in [-0.1, -0.05) is 53.0 Å². The molecule has 3 amide bonds. The number of methoxy groups -OCH3 is 2. The Morgan fingerprint density at radius 1 is 1.05 bits per heavy atom. The monoisotopic (exact) mass is 671 g/mol. The van der Waals surface area contributed by atoms with Crippen LogP contribution in [0.3, 0.4) is 0 Å². The number of hydrogen-bond donors (Lipinski definition) is 2. The number of anilines is 2. The van der Waals surface area contributed by atoms with Gasteiger partial charge in [0.25, 0.3) is 15.9 Å². The van der Waals surface area contributed by atoms with Crippen molar-refractivity contribution in [1.29, 1.82) is 0 Å². The Hall–Kier alpha value is -4.05. The Bertz CT molecular complexity index is 1730. The lowest BCUT2D eigenvalue weighted by atomic mass is 10.1. The number of imidazole rings is 1. The van der Waals surface area contributed by atoms with Crippen LogP contribution >= 0.6 is 34.8 Å². The minimum atomic E-state index is -4.34. The minimum Gasteiger partial charge on any atom is -0.489 e. The fourth-order valence-electron chi connectivity index (χ4n) is 3.89. The van der Waals surface area contributed by atoms with Gasteiger partial charge >= 0.3 is 6.03 Å². The average molecular weight is 673 g/mol. The number of para-hydroxylation sites is 2. The van der Waals surface area contributed by atoms with Crippen molar-refractivity contribution in [3.8, 4) is 17.5 Å². The molecule has 0 fully saturated rings. The third-order valence-electron chi connectivity index (χ3n) is 5.72. The fraction of sp³-hybridized carbons (Fsp3) is 0.240. The number of benzene rings is 1. The van der Waals surface area contributed by atoms with Crippen LogP contribution in [0.15, 0.2) is 59.8 Å². The lowest BCUT2D eigenvalue weighted by molar-refractivity contribution is -0.117. The number of halogens is 3. The highest BCUT2D eigenvalue weighted by molar-refractivity contribution is 7.90. The summed E-state index contributed by atoms with van der Waals surface area (Å²) >= 11 is 17.2. The zero-order chi connectivity index (χ0) is 31.3. The van der Waals surface area contributed by atoms with Crippen molar-refractivity contribution in [2.45, 2.75) is 22.8 Å². The molecule has 0 aliphatic carbocycles. The molecule has 43 heavy (non-hydrogen) atoms. The van der Waals surface area contributed by atoms with Crippen LogP contribution in [0.2, 0.25) is 5.15 Å². The van der Waals surface area contributed by atoms with Crippen LogP contribution in [0.1, 0.15) is 6.92 Å². The highest BCUT2D eigenvalue weighted by atomic mass is 35.5. The van der Waals surface area contributed by atoms with Gasteiger partial charge in [0.15, 0.2) is 15.0 Å². The molecular formula is C25H24Cl3N7O7S. The number of carbonyl (C=O) groups excluding carboxylic acids is 2. The third kappa shape index (κ3) is 7.30. The first-order chi connectivity index (χ1) is 20.4. The first-order valence-corrected chi connectivity index (χ1v) is 14.9. The summed E-state index contributed by atoms with van der Waals surface area (Å²) in [5.74, 6) is 0.382. The van der Waals surface area contributed by atoms with E-state index in [1.54, 1.807) is 23.1 Å². The SMILES string of the molecule is CC1COc2ccccc2N1C(=O)C(Cl)Cl.COc1cc(OC)nc(NC(=O)NS(=O)(=O)c2c(Cl)nc3ccccn23)n1. The number of ether oxygens (including phenoxy) is 3. The van der Waals surface area contributed by atoms with E-state index in [2.05, 4.69) is 20.3 Å². The first-order valence-electron chi connectivity index (χ1n) is 12.2. The molecule has 1 aliphatic rings. The summed E-state index contributed by atoms with van der Waals surface area (Å²) in [5.41, 5.74) is 1.03. The van der Waals surface area contributed by atoms with E-state index in [9.17, 15) is 18.0 Å². The number of fused-ring (bicyclic) bond motifs is 2. The maximum absolute atomic E-state index is 12.6. The van der Waals surface area contributed by atoms with Gasteiger partial charge in [0.2, 0.25) is 17.7 Å². The van der Waals surface area contributed by atoms with E-state index < -0.39 is 20.9 Å². The topological polar surface area (TPSA) is 166 Å². The van der Waals surface area contributed by atoms with Crippen LogP contribution in [-0.4, -0.2) is 71.4 Å². The van der Waals surface area contributed by atoms with Gasteiger partial charge in [-0.05, 0) is 31.2 Å². The number of aromatic nitrogens is 4. The Labute approximate surface area is 260 Å². The Kier molecular flexibility index (Phi) is 10.0. The maximum Gasteiger partial charge on any atom is 0.335 e. The number of carbonyl (C=O) groups is 2. The van der Waals surface area contributed by atoms with Gasteiger partial charge in [-0.15, -0.1) is 0 Å². The van der Waals surface area contributed by atoms with Gasteiger partial charge in [-0.3, -0.25) is 14.5 Å². The van der Waals surface area contributed by atoms with Crippen LogP contribution in [0.4, 0.5) is 16.4 Å². The highest BCUT2D eigenvalue weighted by Gasteiger charge is 2.32. The number of rotatable bonds is 6. The number of pyridine rings is 1. The first kappa shape index (κ1) is 31.9. The normalized spacial score (nSPS) is 14.2. The van der Waals surface area contributed by atoms with Crippen molar-refractivity contribution in [3.05, 3.63) is 59.9 Å². The van der Waals surface area contributed by atoms with Gasteiger partial charge < -0.3 is 19.1 Å². The van der Waals surface area contributed by atoms with Crippen LogP contribution in [0.5, 0.6) is 17.5 Å². The molecule has 0 radical (unpaired) electrons. The van der Waals surface area contributed by atoms with Crippen molar-refractivity contribution >= 4 is 74.0 Å². The molecule has 1 aliphatic heterocycles. The number of hydrogen-bond acceptors (Lipinski definition) is 10. The summed E-state index contributed by atoms with van der Waals surface area (Å²) in [6.45, 7) is 2.34. The molecule has 0 spiro atoms. The predicted octanol–water partition coefficient (Wildman–Crippen LogP) is 3.91. The number of amides is 3. The van der Waals surface area contributed by atoms with E-state index in [1.807, 2.05) is 35.9 Å². The molecule has 14 nitrogen and oxygen atoms in total. The molecule has 4 aromatic rings. The average Bonchev–Trinajstić information content (AvgIpc) is 3.33. The molecule has 0 saturated carbocycles. The van der Waals surface area contributed by atoms with E-state index in [-0.39, 0.29) is 39.8 Å². The smallest absolute Gasteiger partial charge is 0.335 e. The second-order valence-electron chi connectivity index (χ2n) is 8.61. The molecule has 18 heteroatoms. The summed E-state index contributed by atoms with van der Waals surface area (Å²) in [6.07, 6.45) is 1.46. The fourth-order valence-corrected chi connectivity index (χ4v) is 5.66. The molecule has 1 atom stereocenters. The number of sulfonamides is 1. The van der Waals surface area contributed by atoms with E-state index in [0.29, 0.717) is 18.0 Å². The number of urea groups is 1. The zero-order valence-electron chi connectivity index (χ0n) is 22.7. The third-order valence-corrected chi connectivity index (χ3v) is 7.82. The summed E-state index contributed by atoms with van der Waals surface area (Å²) in [6, 6.07) is 12.4. The van der Waals surface area contributed by atoms with Gasteiger partial charge in [0.1, 0.15) is 18.0 Å². The molecule has 0 saturated heterocycles. The Morgan fingerprint density at radius 3 is 2.35 bits per heavy atom. The molecule has 2 N–H and O–H groups in total. The standard InChI is InChI=1S/C14H13ClN6O5S.C11H11Cl2NO2/c1-25-9-7-10(26-2)18-13(17-9)19-14(22)20-27(23,24)12-11(15)16-8-5-3-4-6-21(8)12;1-7-6-16-9-5-3-2-4-8(9)14(7)11(15)10(12)13/h3-7H,1-2H3,(H2,17,18,19,20,22);2-5,7,10H,6H2,1H3. The van der Waals surface area contributed by atoms with Crippen molar-refractivity contribution < 1.29 is 32.2 Å². The number of nitrogens with zero attached hydrogens (tertiary/aromatic N) is 5. The van der Waals surface area contributed by atoms with E-state index in [0.717, 1.165) is 5.69 Å². The summed E-state index contributed by atoms with van der Waals surface area (Å²) in [5, 5.41) is 1.54. The molecule has 4 heterocycles. The number of nitrogens with one attached hydrogen (secondary N) is 2. The zero-order valence-corrected chi connectivity index (χ0v) is 25.8. The largest absolute Gasteiger partial charge is 0.489 e. The lowest BCUT2D eigenvalue weighted by Gasteiger charge is -2.35. The van der Waals surface area contributed by atoms with Gasteiger partial charge in [-0.25, -0.2) is 14.5 Å². The molecule has 5 rings (SSSR count). The minimum absolute atomic E-state index is 0.0672. The summed E-state index contributed by atoms with van der Waals surface area (Å²) in [7, 11) is -1.61. The van der Waals surface area contributed by atoms with E-state index in [1.165, 1.54) is 30.9 Å². The molecule has 0 bridgehead atoms. The van der Waals surface area contributed by atoms with Crippen molar-refractivity contribution in [2.24, 2.45) is 0 Å². The van der Waals surface area contributed by atoms with Crippen LogP contribution < -0.4 is 29.1 Å². The molecule has 1 unspecified atom stereocenters. The molecule has 228 valence electrons. The van der Waals surface area contributed by atoms with Gasteiger partial charge in [0, 0.05) is 6.20 Å². The Balaban J connectivity index is 0.000000225.